The summed E-state index contributed by atoms with van der Waals surface area (Å²) in [6, 6.07) is 8.09. The number of benzene rings is 1. The summed E-state index contributed by atoms with van der Waals surface area (Å²) >= 11 is 1.75. The van der Waals surface area contributed by atoms with E-state index < -0.39 is 0 Å². The predicted molar refractivity (Wildman–Crippen MR) is 87.9 cm³/mol. The number of ether oxygens (including phenoxy) is 1. The molecule has 21 heavy (non-hydrogen) atoms. The summed E-state index contributed by atoms with van der Waals surface area (Å²) in [5, 5.41) is 6.04. The average Bonchev–Trinajstić information content (AvgIpc) is 2.97. The van der Waals surface area contributed by atoms with E-state index in [0.717, 1.165) is 17.4 Å². The van der Waals surface area contributed by atoms with Crippen molar-refractivity contribution in [3.63, 3.8) is 0 Å². The van der Waals surface area contributed by atoms with Gasteiger partial charge in [0.25, 0.3) is 0 Å². The minimum Gasteiger partial charge on any atom is -0.492 e. The maximum absolute atomic E-state index is 11.8. The fourth-order valence-electron chi connectivity index (χ4n) is 2.08. The van der Waals surface area contributed by atoms with Gasteiger partial charge < -0.3 is 10.1 Å². The van der Waals surface area contributed by atoms with Crippen LogP contribution < -0.4 is 15.4 Å². The minimum absolute atomic E-state index is 0.0546. The van der Waals surface area contributed by atoms with E-state index in [0.29, 0.717) is 13.2 Å². The number of rotatable bonds is 5. The lowest BCUT2D eigenvalue weighted by atomic mass is 9.87. The van der Waals surface area contributed by atoms with Crippen molar-refractivity contribution in [3.05, 3.63) is 29.8 Å². The third kappa shape index (κ3) is 4.93. The third-order valence-electron chi connectivity index (χ3n) is 3.42. The fourth-order valence-corrected chi connectivity index (χ4v) is 3.02. The van der Waals surface area contributed by atoms with Crippen LogP contribution in [0.25, 0.3) is 0 Å². The van der Waals surface area contributed by atoms with E-state index in [1.807, 2.05) is 12.1 Å². The van der Waals surface area contributed by atoms with Gasteiger partial charge >= 0.3 is 0 Å². The number of carbonyl (C=O) groups excluding carboxylic acids is 1. The predicted octanol–water partition coefficient (Wildman–Crippen LogP) is 2.14. The summed E-state index contributed by atoms with van der Waals surface area (Å²) in [4.78, 5) is 11.8. The van der Waals surface area contributed by atoms with E-state index in [4.69, 9.17) is 4.74 Å². The molecule has 0 saturated carbocycles. The molecule has 1 aliphatic rings. The van der Waals surface area contributed by atoms with Gasteiger partial charge in [-0.2, -0.15) is 0 Å². The van der Waals surface area contributed by atoms with Crippen molar-refractivity contribution in [3.8, 4) is 5.75 Å². The molecule has 0 radical (unpaired) electrons. The summed E-state index contributed by atoms with van der Waals surface area (Å²) in [7, 11) is 0. The van der Waals surface area contributed by atoms with Crippen molar-refractivity contribution in [2.75, 3.05) is 24.8 Å². The molecule has 0 spiro atoms. The van der Waals surface area contributed by atoms with E-state index >= 15 is 0 Å². The van der Waals surface area contributed by atoms with E-state index in [2.05, 4.69) is 43.5 Å². The van der Waals surface area contributed by atoms with Crippen LogP contribution in [0.15, 0.2) is 24.3 Å². The van der Waals surface area contributed by atoms with Gasteiger partial charge in [0.15, 0.2) is 0 Å². The van der Waals surface area contributed by atoms with Gasteiger partial charge in [-0.15, -0.1) is 11.8 Å². The Morgan fingerprint density at radius 2 is 2.10 bits per heavy atom. The van der Waals surface area contributed by atoms with Crippen molar-refractivity contribution in [2.24, 2.45) is 0 Å². The molecule has 0 bridgehead atoms. The first-order valence-corrected chi connectivity index (χ1v) is 8.44. The van der Waals surface area contributed by atoms with Gasteiger partial charge in [0.05, 0.1) is 12.6 Å². The topological polar surface area (TPSA) is 50.4 Å². The van der Waals surface area contributed by atoms with Gasteiger partial charge in [-0.1, -0.05) is 32.9 Å². The first kappa shape index (κ1) is 16.2. The maximum atomic E-state index is 11.8. The Labute approximate surface area is 131 Å². The van der Waals surface area contributed by atoms with Crippen LogP contribution in [0.1, 0.15) is 26.3 Å². The van der Waals surface area contributed by atoms with E-state index in [1.165, 1.54) is 5.56 Å². The number of nitrogens with one attached hydrogen (secondary N) is 2. The monoisotopic (exact) mass is 308 g/mol. The molecule has 1 aromatic carbocycles. The van der Waals surface area contributed by atoms with Crippen LogP contribution in [0.4, 0.5) is 0 Å². The minimum atomic E-state index is -0.0546. The second-order valence-electron chi connectivity index (χ2n) is 6.19. The van der Waals surface area contributed by atoms with Crippen molar-refractivity contribution >= 4 is 17.7 Å². The highest BCUT2D eigenvalue weighted by molar-refractivity contribution is 7.99. The molecule has 0 aromatic heterocycles. The summed E-state index contributed by atoms with van der Waals surface area (Å²) in [6.45, 7) is 7.58. The second-order valence-corrected chi connectivity index (χ2v) is 7.22. The fraction of sp³-hybridized carbons (Fsp3) is 0.562. The lowest BCUT2D eigenvalue weighted by Gasteiger charge is -2.19. The Hall–Kier alpha value is -1.20. The van der Waals surface area contributed by atoms with Crippen LogP contribution >= 0.6 is 11.8 Å². The van der Waals surface area contributed by atoms with Gasteiger partial charge in [-0.3, -0.25) is 10.1 Å². The molecule has 1 saturated heterocycles. The number of carbonyl (C=O) groups is 1. The molecule has 2 N–H and O–H groups in total. The van der Waals surface area contributed by atoms with E-state index in [9.17, 15) is 4.79 Å². The molecule has 1 unspecified atom stereocenters. The summed E-state index contributed by atoms with van der Waals surface area (Å²) < 4.78 is 5.65. The standard InChI is InChI=1S/C16H24N2O2S/c1-16(2,3)12-4-6-13(7-5-12)20-9-8-17-15(19)14-10-21-11-18-14/h4-7,14,18H,8-11H2,1-3H3,(H,17,19). The Morgan fingerprint density at radius 3 is 2.67 bits per heavy atom. The molecule has 1 heterocycles. The smallest absolute Gasteiger partial charge is 0.238 e. The molecule has 1 amide bonds. The van der Waals surface area contributed by atoms with Crippen molar-refractivity contribution in [1.82, 2.24) is 10.6 Å². The first-order chi connectivity index (χ1) is 9.97. The zero-order chi connectivity index (χ0) is 15.3. The van der Waals surface area contributed by atoms with E-state index in [-0.39, 0.29) is 17.4 Å². The molecule has 2 rings (SSSR count). The molecule has 1 aliphatic heterocycles. The summed E-state index contributed by atoms with van der Waals surface area (Å²) in [5.74, 6) is 2.61. The molecule has 1 atom stereocenters. The van der Waals surface area contributed by atoms with Crippen LogP contribution in [-0.2, 0) is 10.2 Å². The molecule has 116 valence electrons. The number of hydrogen-bond acceptors (Lipinski definition) is 4. The normalized spacial score (nSPS) is 18.5. The maximum Gasteiger partial charge on any atom is 0.238 e. The molecule has 1 fully saturated rings. The number of thioether (sulfide) groups is 1. The zero-order valence-electron chi connectivity index (χ0n) is 12.9. The first-order valence-electron chi connectivity index (χ1n) is 7.29. The quantitative estimate of drug-likeness (QED) is 0.818. The lowest BCUT2D eigenvalue weighted by Crippen LogP contribution is -2.43. The van der Waals surface area contributed by atoms with Gasteiger partial charge in [-0.25, -0.2) is 0 Å². The van der Waals surface area contributed by atoms with Crippen LogP contribution in [0.5, 0.6) is 5.75 Å². The summed E-state index contributed by atoms with van der Waals surface area (Å²) in [5.41, 5.74) is 1.44. The summed E-state index contributed by atoms with van der Waals surface area (Å²) in [6.07, 6.45) is 0. The van der Waals surface area contributed by atoms with Crippen molar-refractivity contribution < 1.29 is 9.53 Å². The SMILES string of the molecule is CC(C)(C)c1ccc(OCCNC(=O)C2CSCN2)cc1. The molecular formula is C16H24N2O2S. The van der Waals surface area contributed by atoms with Crippen molar-refractivity contribution in [2.45, 2.75) is 32.2 Å². The van der Waals surface area contributed by atoms with Crippen LogP contribution in [0.2, 0.25) is 0 Å². The molecule has 0 aliphatic carbocycles. The zero-order valence-corrected chi connectivity index (χ0v) is 13.8. The van der Waals surface area contributed by atoms with Gasteiger partial charge in [0.2, 0.25) is 5.91 Å². The van der Waals surface area contributed by atoms with Gasteiger partial charge in [0.1, 0.15) is 12.4 Å². The Bertz CT molecular complexity index is 462. The largest absolute Gasteiger partial charge is 0.492 e. The molecule has 4 nitrogen and oxygen atoms in total. The molecular weight excluding hydrogens is 284 g/mol. The Kier molecular flexibility index (Phi) is 5.53. The average molecular weight is 308 g/mol. The van der Waals surface area contributed by atoms with Crippen molar-refractivity contribution in [1.29, 1.82) is 0 Å². The van der Waals surface area contributed by atoms with Crippen LogP contribution in [-0.4, -0.2) is 36.7 Å². The van der Waals surface area contributed by atoms with Crippen LogP contribution in [0.3, 0.4) is 0 Å². The lowest BCUT2D eigenvalue weighted by molar-refractivity contribution is -0.122. The highest BCUT2D eigenvalue weighted by Gasteiger charge is 2.21. The second kappa shape index (κ2) is 7.18. The highest BCUT2D eigenvalue weighted by atomic mass is 32.2. The highest BCUT2D eigenvalue weighted by Crippen LogP contribution is 2.24. The Morgan fingerprint density at radius 1 is 1.38 bits per heavy atom. The van der Waals surface area contributed by atoms with Gasteiger partial charge in [0, 0.05) is 11.6 Å². The Balaban J connectivity index is 1.70. The molecule has 1 aromatic rings. The molecule has 5 heteroatoms. The number of hydrogen-bond donors (Lipinski definition) is 2. The van der Waals surface area contributed by atoms with E-state index in [1.54, 1.807) is 11.8 Å². The van der Waals surface area contributed by atoms with Gasteiger partial charge in [-0.05, 0) is 23.1 Å². The third-order valence-corrected chi connectivity index (χ3v) is 4.36. The number of amides is 1. The van der Waals surface area contributed by atoms with Crippen LogP contribution in [0, 0.1) is 0 Å².